The van der Waals surface area contributed by atoms with E-state index in [-0.39, 0.29) is 5.60 Å². The van der Waals surface area contributed by atoms with E-state index >= 15 is 0 Å². The SMILES string of the molecule is COc1ccc(CNCC[C@@H](CCC(C)C)[C@@H]2CCOC(C)(C)C2)cc1. The van der Waals surface area contributed by atoms with Gasteiger partial charge in [-0.15, -0.1) is 0 Å². The van der Waals surface area contributed by atoms with E-state index < -0.39 is 0 Å². The van der Waals surface area contributed by atoms with Crippen molar-refractivity contribution in [2.75, 3.05) is 20.3 Å². The van der Waals surface area contributed by atoms with Gasteiger partial charge < -0.3 is 14.8 Å². The van der Waals surface area contributed by atoms with Crippen molar-refractivity contribution >= 4 is 0 Å². The number of ether oxygens (including phenoxy) is 2. The molecule has 0 aromatic heterocycles. The van der Waals surface area contributed by atoms with Gasteiger partial charge in [-0.25, -0.2) is 0 Å². The second-order valence-electron chi connectivity index (χ2n) is 8.91. The summed E-state index contributed by atoms with van der Waals surface area (Å²) in [4.78, 5) is 0. The quantitative estimate of drug-likeness (QED) is 0.563. The highest BCUT2D eigenvalue weighted by Crippen LogP contribution is 2.37. The predicted octanol–water partition coefficient (Wildman–Crippen LogP) is 5.43. The summed E-state index contributed by atoms with van der Waals surface area (Å²) >= 11 is 0. The Balaban J connectivity index is 1.81. The van der Waals surface area contributed by atoms with Crippen LogP contribution in [0.15, 0.2) is 24.3 Å². The molecule has 1 N–H and O–H groups in total. The maximum atomic E-state index is 5.95. The summed E-state index contributed by atoms with van der Waals surface area (Å²) in [6.45, 7) is 12.1. The van der Waals surface area contributed by atoms with Crippen molar-refractivity contribution in [3.05, 3.63) is 29.8 Å². The van der Waals surface area contributed by atoms with Crippen LogP contribution in [0.25, 0.3) is 0 Å². The fourth-order valence-electron chi connectivity index (χ4n) is 4.11. The van der Waals surface area contributed by atoms with Gasteiger partial charge in [0.25, 0.3) is 0 Å². The van der Waals surface area contributed by atoms with E-state index in [2.05, 4.69) is 45.1 Å². The Morgan fingerprint density at radius 3 is 2.50 bits per heavy atom. The highest BCUT2D eigenvalue weighted by molar-refractivity contribution is 5.26. The summed E-state index contributed by atoms with van der Waals surface area (Å²) in [5, 5.41) is 3.65. The van der Waals surface area contributed by atoms with Crippen molar-refractivity contribution in [3.63, 3.8) is 0 Å². The van der Waals surface area contributed by atoms with Crippen LogP contribution < -0.4 is 10.1 Å². The predicted molar refractivity (Wildman–Crippen MR) is 110 cm³/mol. The van der Waals surface area contributed by atoms with Crippen molar-refractivity contribution in [3.8, 4) is 5.75 Å². The lowest BCUT2D eigenvalue weighted by Crippen LogP contribution is -2.37. The minimum absolute atomic E-state index is 0.0511. The largest absolute Gasteiger partial charge is 0.497 e. The summed E-state index contributed by atoms with van der Waals surface area (Å²) in [5.41, 5.74) is 1.37. The van der Waals surface area contributed by atoms with E-state index in [0.717, 1.165) is 43.2 Å². The molecular weight excluding hydrogens is 322 g/mol. The number of hydrogen-bond donors (Lipinski definition) is 1. The summed E-state index contributed by atoms with van der Waals surface area (Å²) in [7, 11) is 1.71. The first-order chi connectivity index (χ1) is 12.4. The second-order valence-corrected chi connectivity index (χ2v) is 8.91. The normalized spacial score (nSPS) is 20.9. The van der Waals surface area contributed by atoms with Crippen LogP contribution in [0, 0.1) is 17.8 Å². The molecule has 3 heteroatoms. The molecule has 148 valence electrons. The topological polar surface area (TPSA) is 30.5 Å². The fraction of sp³-hybridized carbons (Fsp3) is 0.739. The van der Waals surface area contributed by atoms with Crippen molar-refractivity contribution in [2.24, 2.45) is 17.8 Å². The summed E-state index contributed by atoms with van der Waals surface area (Å²) in [6.07, 6.45) is 6.38. The van der Waals surface area contributed by atoms with Crippen molar-refractivity contribution < 1.29 is 9.47 Å². The number of nitrogens with one attached hydrogen (secondary N) is 1. The highest BCUT2D eigenvalue weighted by atomic mass is 16.5. The van der Waals surface area contributed by atoms with Gasteiger partial charge in [0, 0.05) is 13.2 Å². The molecule has 0 unspecified atom stereocenters. The third-order valence-electron chi connectivity index (χ3n) is 5.70. The van der Waals surface area contributed by atoms with E-state index in [9.17, 15) is 0 Å². The van der Waals surface area contributed by atoms with Crippen molar-refractivity contribution in [2.45, 2.75) is 71.9 Å². The van der Waals surface area contributed by atoms with Crippen molar-refractivity contribution in [1.82, 2.24) is 5.32 Å². The lowest BCUT2D eigenvalue weighted by molar-refractivity contribution is -0.0839. The second kappa shape index (κ2) is 10.3. The maximum absolute atomic E-state index is 5.95. The Morgan fingerprint density at radius 1 is 1.15 bits per heavy atom. The summed E-state index contributed by atoms with van der Waals surface area (Å²) in [5.74, 6) is 3.33. The molecule has 26 heavy (non-hydrogen) atoms. The molecule has 1 aromatic rings. The van der Waals surface area contributed by atoms with Gasteiger partial charge in [-0.1, -0.05) is 32.4 Å². The third kappa shape index (κ3) is 7.28. The van der Waals surface area contributed by atoms with Gasteiger partial charge in [-0.3, -0.25) is 0 Å². The zero-order valence-electron chi connectivity index (χ0n) is 17.5. The molecule has 1 saturated heterocycles. The van der Waals surface area contributed by atoms with Crippen LogP contribution in [0.3, 0.4) is 0 Å². The molecule has 0 radical (unpaired) electrons. The zero-order valence-corrected chi connectivity index (χ0v) is 17.5. The highest BCUT2D eigenvalue weighted by Gasteiger charge is 2.33. The fourth-order valence-corrected chi connectivity index (χ4v) is 4.11. The molecule has 0 saturated carbocycles. The molecule has 0 bridgehead atoms. The molecule has 3 nitrogen and oxygen atoms in total. The Kier molecular flexibility index (Phi) is 8.43. The van der Waals surface area contributed by atoms with Crippen LogP contribution >= 0.6 is 0 Å². The monoisotopic (exact) mass is 361 g/mol. The average molecular weight is 362 g/mol. The molecule has 1 aromatic carbocycles. The van der Waals surface area contributed by atoms with Crippen LogP contribution in [0.5, 0.6) is 5.75 Å². The van der Waals surface area contributed by atoms with Gasteiger partial charge in [0.15, 0.2) is 0 Å². The lowest BCUT2D eigenvalue weighted by Gasteiger charge is -2.39. The van der Waals surface area contributed by atoms with Gasteiger partial charge in [0.2, 0.25) is 0 Å². The molecule has 2 atom stereocenters. The van der Waals surface area contributed by atoms with Gasteiger partial charge in [0.1, 0.15) is 5.75 Å². The van der Waals surface area contributed by atoms with Crippen LogP contribution in [0.4, 0.5) is 0 Å². The molecule has 0 aliphatic carbocycles. The number of rotatable bonds is 10. The van der Waals surface area contributed by atoms with Crippen LogP contribution in [-0.2, 0) is 11.3 Å². The third-order valence-corrected chi connectivity index (χ3v) is 5.70. The molecular formula is C23H39NO2. The molecule has 0 amide bonds. The van der Waals surface area contributed by atoms with Crippen molar-refractivity contribution in [1.29, 1.82) is 0 Å². The summed E-state index contributed by atoms with van der Waals surface area (Å²) in [6, 6.07) is 8.35. The van der Waals surface area contributed by atoms with E-state index in [1.807, 2.05) is 12.1 Å². The Hall–Kier alpha value is -1.06. The first-order valence-corrected chi connectivity index (χ1v) is 10.4. The minimum Gasteiger partial charge on any atom is -0.497 e. The molecule has 1 fully saturated rings. The Labute approximate surface area is 160 Å². The van der Waals surface area contributed by atoms with E-state index in [1.54, 1.807) is 7.11 Å². The van der Waals surface area contributed by atoms with E-state index in [1.165, 1.54) is 37.7 Å². The lowest BCUT2D eigenvalue weighted by atomic mass is 9.75. The Bertz CT molecular complexity index is 509. The van der Waals surface area contributed by atoms with Gasteiger partial charge in [-0.05, 0) is 81.5 Å². The van der Waals surface area contributed by atoms with Crippen LogP contribution in [0.1, 0.15) is 65.4 Å². The van der Waals surface area contributed by atoms with Gasteiger partial charge in [0.05, 0.1) is 12.7 Å². The van der Waals surface area contributed by atoms with E-state index in [0.29, 0.717) is 0 Å². The number of methoxy groups -OCH3 is 1. The average Bonchev–Trinajstić information content (AvgIpc) is 2.60. The first kappa shape index (κ1) is 21.2. The van der Waals surface area contributed by atoms with Gasteiger partial charge >= 0.3 is 0 Å². The molecule has 2 rings (SSSR count). The minimum atomic E-state index is 0.0511. The van der Waals surface area contributed by atoms with Crippen LogP contribution in [-0.4, -0.2) is 25.9 Å². The maximum Gasteiger partial charge on any atom is 0.118 e. The molecule has 1 aliphatic heterocycles. The molecule has 0 spiro atoms. The number of benzene rings is 1. The Morgan fingerprint density at radius 2 is 1.88 bits per heavy atom. The zero-order chi connectivity index (χ0) is 19.0. The smallest absolute Gasteiger partial charge is 0.118 e. The van der Waals surface area contributed by atoms with Crippen LogP contribution in [0.2, 0.25) is 0 Å². The summed E-state index contributed by atoms with van der Waals surface area (Å²) < 4.78 is 11.2. The van der Waals surface area contributed by atoms with E-state index in [4.69, 9.17) is 9.47 Å². The first-order valence-electron chi connectivity index (χ1n) is 10.4. The standard InChI is InChI=1S/C23H39NO2/c1-18(2)6-9-20(21-13-15-26-23(3,4)16-21)12-14-24-17-19-7-10-22(25-5)11-8-19/h7-8,10-11,18,20-21,24H,6,9,12-17H2,1-5H3/t20-,21-/m1/s1. The number of hydrogen-bond acceptors (Lipinski definition) is 3. The molecule has 1 aliphatic rings. The molecule has 1 heterocycles. The van der Waals surface area contributed by atoms with Gasteiger partial charge in [-0.2, -0.15) is 0 Å².